The largest absolute Gasteiger partial charge is 0.482 e. The number of benzene rings is 1. The van der Waals surface area contributed by atoms with Gasteiger partial charge in [-0.1, -0.05) is 0 Å². The van der Waals surface area contributed by atoms with Gasteiger partial charge in [-0.05, 0) is 24.3 Å². The van der Waals surface area contributed by atoms with E-state index in [1.54, 1.807) is 12.4 Å². The van der Waals surface area contributed by atoms with Gasteiger partial charge in [-0.15, -0.1) is 0 Å². The summed E-state index contributed by atoms with van der Waals surface area (Å²) in [6.45, 7) is 1.88. The molecule has 0 unspecified atom stereocenters. The fourth-order valence-corrected chi connectivity index (χ4v) is 3.23. The second kappa shape index (κ2) is 10.4. The molecule has 0 spiro atoms. The summed E-state index contributed by atoms with van der Waals surface area (Å²) in [4.78, 5) is 42.7. The number of aromatic nitrogens is 1. The Hall–Kier alpha value is -3.66. The van der Waals surface area contributed by atoms with Crippen molar-refractivity contribution in [3.05, 3.63) is 48.3 Å². The fraction of sp³-hybridized carbons (Fsp3) is 0.333. The number of ketones is 1. The lowest BCUT2D eigenvalue weighted by molar-refractivity contribution is -0.140. The molecule has 164 valence electrons. The van der Waals surface area contributed by atoms with Crippen molar-refractivity contribution >= 4 is 23.4 Å². The third kappa shape index (κ3) is 6.41. The molecular formula is C21H23N3O7. The first-order valence-electron chi connectivity index (χ1n) is 9.66. The number of aliphatic carboxylic acids is 2. The van der Waals surface area contributed by atoms with E-state index in [9.17, 15) is 14.4 Å². The summed E-state index contributed by atoms with van der Waals surface area (Å²) in [5.74, 6) is -2.35. The number of carbonyl (C=O) groups is 3. The van der Waals surface area contributed by atoms with Crippen molar-refractivity contribution < 1.29 is 34.1 Å². The monoisotopic (exact) mass is 429 g/mol. The Morgan fingerprint density at radius 3 is 2.19 bits per heavy atom. The maximum atomic E-state index is 12.9. The van der Waals surface area contributed by atoms with Gasteiger partial charge in [0.15, 0.2) is 19.0 Å². The maximum Gasteiger partial charge on any atom is 0.341 e. The van der Waals surface area contributed by atoms with Gasteiger partial charge in [0.1, 0.15) is 11.5 Å². The second-order valence-corrected chi connectivity index (χ2v) is 6.91. The van der Waals surface area contributed by atoms with E-state index in [-0.39, 0.29) is 29.4 Å². The van der Waals surface area contributed by atoms with Crippen LogP contribution in [0.3, 0.4) is 0 Å². The van der Waals surface area contributed by atoms with Crippen molar-refractivity contribution in [2.24, 2.45) is 0 Å². The van der Waals surface area contributed by atoms with Gasteiger partial charge in [-0.2, -0.15) is 0 Å². The maximum absolute atomic E-state index is 12.9. The number of pyridine rings is 1. The van der Waals surface area contributed by atoms with Crippen LogP contribution < -0.4 is 14.4 Å². The Bertz CT molecular complexity index is 928. The van der Waals surface area contributed by atoms with E-state index in [0.717, 1.165) is 18.8 Å². The summed E-state index contributed by atoms with van der Waals surface area (Å²) < 4.78 is 10.3. The molecule has 2 heterocycles. The van der Waals surface area contributed by atoms with Gasteiger partial charge in [-0.25, -0.2) is 9.59 Å². The molecule has 1 aliphatic rings. The van der Waals surface area contributed by atoms with Crippen molar-refractivity contribution in [3.63, 3.8) is 0 Å². The lowest BCUT2D eigenvalue weighted by Crippen LogP contribution is -2.48. The lowest BCUT2D eigenvalue weighted by atomic mass is 10.1. The van der Waals surface area contributed by atoms with E-state index < -0.39 is 25.2 Å². The standard InChI is InChI=1S/C21H23N3O7/c25-18(12-23-7-9-24(10-8-23)15-3-5-22-6-4-15)17-2-1-16(30-13-20(26)27)11-19(17)31-14-21(28)29/h1-6,11H,7-10,12-14H2,(H,26,27)(H,28,29). The predicted octanol–water partition coefficient (Wildman–Crippen LogP) is 1.01. The third-order valence-electron chi connectivity index (χ3n) is 4.73. The Morgan fingerprint density at radius 1 is 0.903 bits per heavy atom. The number of carboxylic acid groups (broad SMARTS) is 2. The predicted molar refractivity (Wildman–Crippen MR) is 110 cm³/mol. The highest BCUT2D eigenvalue weighted by Crippen LogP contribution is 2.26. The minimum Gasteiger partial charge on any atom is -0.482 e. The molecule has 0 amide bonds. The molecular weight excluding hydrogens is 406 g/mol. The van der Waals surface area contributed by atoms with E-state index in [1.165, 1.54) is 18.2 Å². The van der Waals surface area contributed by atoms with Crippen molar-refractivity contribution in [3.8, 4) is 11.5 Å². The van der Waals surface area contributed by atoms with Crippen LogP contribution in [0.15, 0.2) is 42.7 Å². The van der Waals surface area contributed by atoms with E-state index in [2.05, 4.69) is 9.88 Å². The van der Waals surface area contributed by atoms with Gasteiger partial charge in [0.25, 0.3) is 0 Å². The summed E-state index contributed by atoms with van der Waals surface area (Å²) >= 11 is 0. The van der Waals surface area contributed by atoms with E-state index >= 15 is 0 Å². The zero-order chi connectivity index (χ0) is 22.2. The molecule has 1 fully saturated rings. The van der Waals surface area contributed by atoms with Crippen molar-refractivity contribution in [2.75, 3.05) is 50.8 Å². The van der Waals surface area contributed by atoms with Gasteiger partial charge in [0, 0.05) is 50.3 Å². The van der Waals surface area contributed by atoms with Crippen LogP contribution in [0.5, 0.6) is 11.5 Å². The van der Waals surface area contributed by atoms with Crippen LogP contribution in [0, 0.1) is 0 Å². The zero-order valence-corrected chi connectivity index (χ0v) is 16.8. The number of piperazine rings is 1. The summed E-state index contributed by atoms with van der Waals surface area (Å²) in [7, 11) is 0. The molecule has 0 atom stereocenters. The summed E-state index contributed by atoms with van der Waals surface area (Å²) in [6.07, 6.45) is 3.49. The van der Waals surface area contributed by atoms with Crippen LogP contribution in [-0.4, -0.2) is 83.8 Å². The number of carbonyl (C=O) groups excluding carboxylic acids is 1. The highest BCUT2D eigenvalue weighted by atomic mass is 16.5. The Kier molecular flexibility index (Phi) is 7.39. The molecule has 0 radical (unpaired) electrons. The number of rotatable bonds is 10. The van der Waals surface area contributed by atoms with E-state index in [4.69, 9.17) is 19.7 Å². The minimum atomic E-state index is -1.19. The third-order valence-corrected chi connectivity index (χ3v) is 4.73. The first kappa shape index (κ1) is 22.0. The number of anilines is 1. The number of hydrogen-bond acceptors (Lipinski definition) is 8. The van der Waals surface area contributed by atoms with Crippen LogP contribution in [0.25, 0.3) is 0 Å². The van der Waals surface area contributed by atoms with Gasteiger partial charge < -0.3 is 24.6 Å². The lowest BCUT2D eigenvalue weighted by Gasteiger charge is -2.35. The van der Waals surface area contributed by atoms with Crippen molar-refractivity contribution in [1.29, 1.82) is 0 Å². The molecule has 0 saturated carbocycles. The number of carboxylic acids is 2. The van der Waals surface area contributed by atoms with E-state index in [1.807, 2.05) is 17.0 Å². The van der Waals surface area contributed by atoms with Gasteiger partial charge in [0.2, 0.25) is 0 Å². The molecule has 0 aliphatic carbocycles. The smallest absolute Gasteiger partial charge is 0.341 e. The molecule has 2 aromatic rings. The minimum absolute atomic E-state index is 0.0470. The number of nitrogens with zero attached hydrogens (tertiary/aromatic N) is 3. The van der Waals surface area contributed by atoms with Crippen LogP contribution in [0.2, 0.25) is 0 Å². The summed E-state index contributed by atoms with van der Waals surface area (Å²) in [5.41, 5.74) is 1.31. The van der Waals surface area contributed by atoms with Gasteiger partial charge in [0.05, 0.1) is 12.1 Å². The van der Waals surface area contributed by atoms with Crippen LogP contribution >= 0.6 is 0 Å². The molecule has 10 nitrogen and oxygen atoms in total. The molecule has 3 rings (SSSR count). The SMILES string of the molecule is O=C(O)COc1ccc(C(=O)CN2CCN(c3ccncc3)CC2)c(OCC(=O)O)c1. The van der Waals surface area contributed by atoms with Crippen molar-refractivity contribution in [1.82, 2.24) is 9.88 Å². The van der Waals surface area contributed by atoms with Crippen molar-refractivity contribution in [2.45, 2.75) is 0 Å². The van der Waals surface area contributed by atoms with Crippen LogP contribution in [0.1, 0.15) is 10.4 Å². The quantitative estimate of drug-likeness (QED) is 0.528. The Balaban J connectivity index is 1.64. The van der Waals surface area contributed by atoms with Crippen LogP contribution in [-0.2, 0) is 9.59 Å². The van der Waals surface area contributed by atoms with Gasteiger partial charge >= 0.3 is 11.9 Å². The average molecular weight is 429 g/mol. The Labute approximate surface area is 178 Å². The highest BCUT2D eigenvalue weighted by Gasteiger charge is 2.22. The fourth-order valence-electron chi connectivity index (χ4n) is 3.23. The topological polar surface area (TPSA) is 130 Å². The van der Waals surface area contributed by atoms with Crippen LogP contribution in [0.4, 0.5) is 5.69 Å². The molecule has 1 aromatic carbocycles. The van der Waals surface area contributed by atoms with Gasteiger partial charge in [-0.3, -0.25) is 14.7 Å². The molecule has 0 bridgehead atoms. The molecule has 1 aromatic heterocycles. The molecule has 2 N–H and O–H groups in total. The average Bonchev–Trinajstić information content (AvgIpc) is 2.77. The Morgan fingerprint density at radius 2 is 1.55 bits per heavy atom. The summed E-state index contributed by atoms with van der Waals surface area (Å²) in [5, 5.41) is 17.6. The second-order valence-electron chi connectivity index (χ2n) is 6.91. The first-order valence-corrected chi connectivity index (χ1v) is 9.66. The number of hydrogen-bond donors (Lipinski definition) is 2. The molecule has 10 heteroatoms. The highest BCUT2D eigenvalue weighted by molar-refractivity contribution is 6.00. The first-order chi connectivity index (χ1) is 14.9. The molecule has 1 aliphatic heterocycles. The zero-order valence-electron chi connectivity index (χ0n) is 16.8. The number of ether oxygens (including phenoxy) is 2. The molecule has 1 saturated heterocycles. The summed E-state index contributed by atoms with van der Waals surface area (Å²) in [6, 6.07) is 8.15. The number of Topliss-reactive ketones (excluding diaryl/α,β-unsaturated/α-hetero) is 1. The van der Waals surface area contributed by atoms with E-state index in [0.29, 0.717) is 13.1 Å². The molecule has 31 heavy (non-hydrogen) atoms. The normalized spacial score (nSPS) is 14.1.